The maximum atomic E-state index is 10.4. The standard InChI is InChI=1S/C3H2IN3O2/c4-1(8)2-6-7-3(5)9-2/h(H2,5,7). The van der Waals surface area contributed by atoms with Crippen molar-refractivity contribution in [3.63, 3.8) is 0 Å². The van der Waals surface area contributed by atoms with Crippen LogP contribution in [0.4, 0.5) is 6.01 Å². The first kappa shape index (κ1) is 6.46. The summed E-state index contributed by atoms with van der Waals surface area (Å²) in [5.41, 5.74) is 5.02. The molecule has 1 heterocycles. The van der Waals surface area contributed by atoms with Gasteiger partial charge < -0.3 is 10.2 Å². The molecular weight excluding hydrogens is 237 g/mol. The maximum Gasteiger partial charge on any atom is 0.313 e. The van der Waals surface area contributed by atoms with Crippen molar-refractivity contribution in [1.82, 2.24) is 10.2 Å². The molecule has 0 atom stereocenters. The van der Waals surface area contributed by atoms with Crippen LogP contribution in [0.5, 0.6) is 0 Å². The van der Waals surface area contributed by atoms with Gasteiger partial charge in [-0.1, -0.05) is 5.10 Å². The van der Waals surface area contributed by atoms with E-state index in [0.29, 0.717) is 0 Å². The van der Waals surface area contributed by atoms with E-state index in [1.54, 1.807) is 0 Å². The summed E-state index contributed by atoms with van der Waals surface area (Å²) in [5, 5.41) is 6.59. The quantitative estimate of drug-likeness (QED) is 0.560. The monoisotopic (exact) mass is 239 g/mol. The van der Waals surface area contributed by atoms with Crippen LogP contribution in [0.25, 0.3) is 0 Å². The maximum absolute atomic E-state index is 10.4. The Morgan fingerprint density at radius 1 is 1.67 bits per heavy atom. The molecule has 0 fully saturated rings. The summed E-state index contributed by atoms with van der Waals surface area (Å²) < 4.78 is 4.23. The van der Waals surface area contributed by atoms with Crippen molar-refractivity contribution >= 4 is 32.4 Å². The number of rotatable bonds is 1. The van der Waals surface area contributed by atoms with Crippen LogP contribution < -0.4 is 5.73 Å². The molecule has 5 nitrogen and oxygen atoms in total. The fourth-order valence-corrected chi connectivity index (χ4v) is 0.532. The molecule has 0 radical (unpaired) electrons. The van der Waals surface area contributed by atoms with Crippen LogP contribution in [0.15, 0.2) is 4.42 Å². The second kappa shape index (κ2) is 2.29. The summed E-state index contributed by atoms with van der Waals surface area (Å²) in [6.45, 7) is 0. The van der Waals surface area contributed by atoms with Gasteiger partial charge in [-0.05, 0) is 0 Å². The number of halogens is 1. The third kappa shape index (κ3) is 1.37. The highest BCUT2D eigenvalue weighted by atomic mass is 127. The van der Waals surface area contributed by atoms with Crippen molar-refractivity contribution in [2.45, 2.75) is 0 Å². The van der Waals surface area contributed by atoms with Crippen molar-refractivity contribution in [3.8, 4) is 0 Å². The molecule has 0 aliphatic heterocycles. The van der Waals surface area contributed by atoms with Gasteiger partial charge in [-0.25, -0.2) is 0 Å². The predicted molar refractivity (Wildman–Crippen MR) is 37.1 cm³/mol. The lowest BCUT2D eigenvalue weighted by Gasteiger charge is -1.76. The predicted octanol–water partition coefficient (Wildman–Crippen LogP) is 0.227. The molecule has 0 aromatic carbocycles. The number of aromatic nitrogens is 2. The Hall–Kier alpha value is -0.660. The molecule has 0 spiro atoms. The molecule has 0 bridgehead atoms. The highest BCUT2D eigenvalue weighted by Crippen LogP contribution is 2.04. The molecule has 0 amide bonds. The summed E-state index contributed by atoms with van der Waals surface area (Å²) in [7, 11) is 0. The minimum Gasteiger partial charge on any atom is -0.400 e. The van der Waals surface area contributed by atoms with Crippen LogP contribution >= 0.6 is 22.6 Å². The Bertz CT molecular complexity index is 233. The van der Waals surface area contributed by atoms with E-state index in [0.717, 1.165) is 0 Å². The van der Waals surface area contributed by atoms with Crippen LogP contribution in [0, 0.1) is 0 Å². The summed E-state index contributed by atoms with van der Waals surface area (Å²) in [6, 6.07) is -0.0879. The summed E-state index contributed by atoms with van der Waals surface area (Å²) in [6.07, 6.45) is 0. The highest BCUT2D eigenvalue weighted by molar-refractivity contribution is 14.1. The SMILES string of the molecule is Nc1nnc(C(=O)I)o1. The van der Waals surface area contributed by atoms with E-state index in [2.05, 4.69) is 14.6 Å². The molecule has 0 saturated heterocycles. The number of nitrogen functional groups attached to an aromatic ring is 1. The lowest BCUT2D eigenvalue weighted by molar-refractivity contribution is 0.107. The van der Waals surface area contributed by atoms with E-state index in [-0.39, 0.29) is 15.7 Å². The summed E-state index contributed by atoms with van der Waals surface area (Å²) in [4.78, 5) is 10.4. The molecule has 0 unspecified atom stereocenters. The lowest BCUT2D eigenvalue weighted by atomic mass is 10.8. The molecule has 48 valence electrons. The van der Waals surface area contributed by atoms with E-state index < -0.39 is 0 Å². The normalized spacial score (nSPS) is 9.44. The molecule has 1 aromatic rings. The van der Waals surface area contributed by atoms with Gasteiger partial charge >= 0.3 is 6.01 Å². The summed E-state index contributed by atoms with van der Waals surface area (Å²) in [5.74, 6) is -0.0619. The van der Waals surface area contributed by atoms with Crippen LogP contribution in [-0.2, 0) is 0 Å². The van der Waals surface area contributed by atoms with Crippen LogP contribution in [0.1, 0.15) is 10.7 Å². The lowest BCUT2D eigenvalue weighted by Crippen LogP contribution is -1.85. The van der Waals surface area contributed by atoms with Crippen molar-refractivity contribution in [2.75, 3.05) is 5.73 Å². The van der Waals surface area contributed by atoms with Gasteiger partial charge in [0.15, 0.2) is 0 Å². The molecule has 0 saturated carbocycles. The molecular formula is C3H2IN3O2. The first-order chi connectivity index (χ1) is 4.20. The zero-order chi connectivity index (χ0) is 6.85. The van der Waals surface area contributed by atoms with Gasteiger partial charge in [-0.3, -0.25) is 4.79 Å². The van der Waals surface area contributed by atoms with Gasteiger partial charge in [0.25, 0.3) is 9.68 Å². The van der Waals surface area contributed by atoms with Gasteiger partial charge in [0, 0.05) is 22.6 Å². The Balaban J connectivity index is 2.98. The largest absolute Gasteiger partial charge is 0.400 e. The van der Waals surface area contributed by atoms with E-state index >= 15 is 0 Å². The Kier molecular flexibility index (Phi) is 1.65. The van der Waals surface area contributed by atoms with E-state index in [1.807, 2.05) is 0 Å². The second-order valence-corrected chi connectivity index (χ2v) is 2.20. The molecule has 9 heavy (non-hydrogen) atoms. The van der Waals surface area contributed by atoms with E-state index in [4.69, 9.17) is 5.73 Å². The fraction of sp³-hybridized carbons (Fsp3) is 0. The third-order valence-corrected chi connectivity index (χ3v) is 1.07. The zero-order valence-electron chi connectivity index (χ0n) is 4.17. The van der Waals surface area contributed by atoms with Gasteiger partial charge in [-0.15, -0.1) is 5.10 Å². The number of hydrogen-bond acceptors (Lipinski definition) is 5. The molecule has 1 rings (SSSR count). The number of nitrogens with two attached hydrogens (primary N) is 1. The van der Waals surface area contributed by atoms with Crippen LogP contribution in [-0.4, -0.2) is 14.0 Å². The minimum atomic E-state index is -0.309. The molecule has 0 aliphatic rings. The minimum absolute atomic E-state index is 0.0619. The van der Waals surface area contributed by atoms with Crippen molar-refractivity contribution in [3.05, 3.63) is 5.89 Å². The number of hydrogen-bond donors (Lipinski definition) is 1. The molecule has 2 N–H and O–H groups in total. The van der Waals surface area contributed by atoms with Gasteiger partial charge in [0.2, 0.25) is 0 Å². The first-order valence-corrected chi connectivity index (χ1v) is 3.07. The van der Waals surface area contributed by atoms with Gasteiger partial charge in [-0.2, -0.15) is 0 Å². The van der Waals surface area contributed by atoms with Gasteiger partial charge in [0.05, 0.1) is 0 Å². The highest BCUT2D eigenvalue weighted by Gasteiger charge is 2.07. The third-order valence-electron chi connectivity index (χ3n) is 0.609. The Morgan fingerprint density at radius 2 is 2.33 bits per heavy atom. The zero-order valence-corrected chi connectivity index (χ0v) is 6.32. The smallest absolute Gasteiger partial charge is 0.313 e. The Labute approximate surface area is 63.8 Å². The topological polar surface area (TPSA) is 82.0 Å². The first-order valence-electron chi connectivity index (χ1n) is 1.99. The van der Waals surface area contributed by atoms with E-state index in [1.165, 1.54) is 22.6 Å². The van der Waals surface area contributed by atoms with Crippen molar-refractivity contribution in [1.29, 1.82) is 0 Å². The average molecular weight is 239 g/mol. The number of nitrogens with zero attached hydrogens (tertiary/aromatic N) is 2. The van der Waals surface area contributed by atoms with Crippen LogP contribution in [0.3, 0.4) is 0 Å². The summed E-state index contributed by atoms with van der Waals surface area (Å²) >= 11 is 1.53. The van der Waals surface area contributed by atoms with Crippen molar-refractivity contribution < 1.29 is 9.21 Å². The van der Waals surface area contributed by atoms with E-state index in [9.17, 15) is 4.79 Å². The molecule has 1 aromatic heterocycles. The van der Waals surface area contributed by atoms with Crippen molar-refractivity contribution in [2.24, 2.45) is 0 Å². The molecule has 0 aliphatic carbocycles. The number of carbonyl (C=O) groups excluding carboxylic acids is 1. The fourth-order valence-electron chi connectivity index (χ4n) is 0.314. The second-order valence-electron chi connectivity index (χ2n) is 1.22. The van der Waals surface area contributed by atoms with Crippen LogP contribution in [0.2, 0.25) is 0 Å². The molecule has 6 heteroatoms. The Morgan fingerprint density at radius 3 is 2.56 bits per heavy atom. The number of anilines is 1. The number of carbonyl (C=O) groups is 1. The average Bonchev–Trinajstić information content (AvgIpc) is 2.14. The van der Waals surface area contributed by atoms with Gasteiger partial charge in [0.1, 0.15) is 0 Å².